The lowest BCUT2D eigenvalue weighted by atomic mass is 10.3. The number of hydrogen-bond donors (Lipinski definition) is 3. The molecule has 0 fully saturated rings. The number of halogens is 2. The summed E-state index contributed by atoms with van der Waals surface area (Å²) in [5.41, 5.74) is 1.15. The summed E-state index contributed by atoms with van der Waals surface area (Å²) in [7, 11) is 0. The number of rotatable bonds is 8. The van der Waals surface area contributed by atoms with Crippen molar-refractivity contribution in [1.82, 2.24) is 10.6 Å². The van der Waals surface area contributed by atoms with Gasteiger partial charge in [0.05, 0.1) is 11.6 Å². The molecule has 0 spiro atoms. The van der Waals surface area contributed by atoms with Crippen molar-refractivity contribution < 1.29 is 9.84 Å². The molecule has 2 rings (SSSR count). The average Bonchev–Trinajstić information content (AvgIpc) is 3.12. The molecule has 0 aliphatic carbocycles. The Hall–Kier alpha value is -1.47. The van der Waals surface area contributed by atoms with Crippen molar-refractivity contribution in [1.29, 1.82) is 0 Å². The molecule has 5 nitrogen and oxygen atoms in total. The van der Waals surface area contributed by atoms with Crippen molar-refractivity contribution in [3.63, 3.8) is 0 Å². The summed E-state index contributed by atoms with van der Waals surface area (Å²) in [5, 5.41) is 21.2. The Labute approximate surface area is 161 Å². The Morgan fingerprint density at radius 2 is 2.16 bits per heavy atom. The molecular weight excluding hydrogens is 381 g/mol. The second-order valence-electron chi connectivity index (χ2n) is 5.22. The first kappa shape index (κ1) is 19.8. The molecule has 1 atom stereocenters. The van der Waals surface area contributed by atoms with Gasteiger partial charge in [-0.05, 0) is 41.4 Å². The molecule has 0 radical (unpaired) electrons. The van der Waals surface area contributed by atoms with Crippen molar-refractivity contribution in [3.8, 4) is 5.75 Å². The highest BCUT2D eigenvalue weighted by molar-refractivity contribution is 7.07. The van der Waals surface area contributed by atoms with Gasteiger partial charge in [-0.1, -0.05) is 29.3 Å². The van der Waals surface area contributed by atoms with Gasteiger partial charge in [0.2, 0.25) is 0 Å². The number of thiophene rings is 1. The lowest BCUT2D eigenvalue weighted by Gasteiger charge is -2.16. The number of nitrogens with one attached hydrogen (secondary N) is 2. The minimum absolute atomic E-state index is 0.0942. The Bertz CT molecular complexity index is 681. The van der Waals surface area contributed by atoms with Crippen LogP contribution < -0.4 is 15.4 Å². The van der Waals surface area contributed by atoms with E-state index in [1.54, 1.807) is 29.5 Å². The number of nitrogens with zero attached hydrogens (tertiary/aromatic N) is 1. The van der Waals surface area contributed by atoms with Crippen LogP contribution in [0.15, 0.2) is 40.0 Å². The van der Waals surface area contributed by atoms with Gasteiger partial charge in [0.1, 0.15) is 23.5 Å². The third-order valence-electron chi connectivity index (χ3n) is 3.20. The van der Waals surface area contributed by atoms with Crippen molar-refractivity contribution in [2.75, 3.05) is 19.7 Å². The van der Waals surface area contributed by atoms with Gasteiger partial charge in [0, 0.05) is 13.1 Å². The summed E-state index contributed by atoms with van der Waals surface area (Å²) in [6, 6.07) is 7.17. The van der Waals surface area contributed by atoms with Gasteiger partial charge in [0.25, 0.3) is 0 Å². The molecule has 8 heteroatoms. The van der Waals surface area contributed by atoms with Crippen LogP contribution in [-0.4, -0.2) is 36.9 Å². The van der Waals surface area contributed by atoms with E-state index in [1.807, 2.05) is 18.4 Å². The van der Waals surface area contributed by atoms with Crippen LogP contribution in [0, 0.1) is 0 Å². The molecular formula is C17H21Cl2N3O2S. The van der Waals surface area contributed by atoms with Crippen LogP contribution in [0.3, 0.4) is 0 Å². The van der Waals surface area contributed by atoms with E-state index in [9.17, 15) is 5.11 Å². The summed E-state index contributed by atoms with van der Waals surface area (Å²) in [6.07, 6.45) is -0.722. The summed E-state index contributed by atoms with van der Waals surface area (Å²) < 4.78 is 5.53. The van der Waals surface area contributed by atoms with Gasteiger partial charge >= 0.3 is 0 Å². The fourth-order valence-corrected chi connectivity index (χ4v) is 2.96. The van der Waals surface area contributed by atoms with Crippen molar-refractivity contribution in [2.45, 2.75) is 19.6 Å². The van der Waals surface area contributed by atoms with Crippen molar-refractivity contribution in [3.05, 3.63) is 50.6 Å². The highest BCUT2D eigenvalue weighted by Gasteiger charge is 2.10. The second-order valence-corrected chi connectivity index (χ2v) is 6.79. The molecule has 1 unspecified atom stereocenters. The highest BCUT2D eigenvalue weighted by Crippen LogP contribution is 2.31. The van der Waals surface area contributed by atoms with Crippen LogP contribution in [0.5, 0.6) is 5.75 Å². The molecule has 0 saturated heterocycles. The third-order valence-corrected chi connectivity index (χ3v) is 4.73. The summed E-state index contributed by atoms with van der Waals surface area (Å²) in [5.74, 6) is 1.10. The minimum Gasteiger partial charge on any atom is -0.489 e. The smallest absolute Gasteiger partial charge is 0.191 e. The summed E-state index contributed by atoms with van der Waals surface area (Å²) in [6.45, 7) is 3.71. The van der Waals surface area contributed by atoms with E-state index in [0.29, 0.717) is 34.8 Å². The Morgan fingerprint density at radius 3 is 2.88 bits per heavy atom. The molecule has 0 saturated carbocycles. The van der Waals surface area contributed by atoms with Gasteiger partial charge in [0.15, 0.2) is 5.96 Å². The SMILES string of the molecule is CCNC(=NCc1ccsc1)NCC(O)COc1cccc(Cl)c1Cl. The fraction of sp³-hybridized carbons (Fsp3) is 0.353. The zero-order chi connectivity index (χ0) is 18.1. The maximum absolute atomic E-state index is 10.1. The van der Waals surface area contributed by atoms with Gasteiger partial charge in [-0.3, -0.25) is 0 Å². The first-order chi connectivity index (χ1) is 12.1. The molecule has 1 aromatic carbocycles. The second kappa shape index (κ2) is 10.5. The predicted octanol–water partition coefficient (Wildman–Crippen LogP) is 3.55. The number of aliphatic imine (C=N–C) groups is 1. The minimum atomic E-state index is -0.722. The maximum atomic E-state index is 10.1. The zero-order valence-electron chi connectivity index (χ0n) is 13.8. The van der Waals surface area contributed by atoms with Crippen LogP contribution in [0.4, 0.5) is 0 Å². The van der Waals surface area contributed by atoms with E-state index in [4.69, 9.17) is 27.9 Å². The molecule has 0 bridgehead atoms. The first-order valence-electron chi connectivity index (χ1n) is 7.88. The molecule has 2 aromatic rings. The van der Waals surface area contributed by atoms with Crippen LogP contribution in [0.2, 0.25) is 10.0 Å². The van der Waals surface area contributed by atoms with Crippen molar-refractivity contribution in [2.24, 2.45) is 4.99 Å². The van der Waals surface area contributed by atoms with E-state index in [-0.39, 0.29) is 6.61 Å². The largest absolute Gasteiger partial charge is 0.489 e. The first-order valence-corrected chi connectivity index (χ1v) is 9.58. The van der Waals surface area contributed by atoms with E-state index in [2.05, 4.69) is 21.0 Å². The van der Waals surface area contributed by atoms with E-state index >= 15 is 0 Å². The lowest BCUT2D eigenvalue weighted by molar-refractivity contribution is 0.110. The van der Waals surface area contributed by atoms with Gasteiger partial charge in [-0.2, -0.15) is 11.3 Å². The number of aliphatic hydroxyl groups is 1. The third kappa shape index (κ3) is 6.74. The normalized spacial score (nSPS) is 12.7. The number of aliphatic hydroxyl groups excluding tert-OH is 1. The Balaban J connectivity index is 1.80. The highest BCUT2D eigenvalue weighted by atomic mass is 35.5. The topological polar surface area (TPSA) is 65.9 Å². The quantitative estimate of drug-likeness (QED) is 0.467. The monoisotopic (exact) mass is 401 g/mol. The predicted molar refractivity (Wildman–Crippen MR) is 105 cm³/mol. The van der Waals surface area contributed by atoms with Gasteiger partial charge < -0.3 is 20.5 Å². The van der Waals surface area contributed by atoms with Crippen LogP contribution in [-0.2, 0) is 6.54 Å². The molecule has 1 aromatic heterocycles. The number of hydrogen-bond acceptors (Lipinski definition) is 4. The Kier molecular flexibility index (Phi) is 8.34. The number of ether oxygens (including phenoxy) is 1. The van der Waals surface area contributed by atoms with Crippen LogP contribution >= 0.6 is 34.5 Å². The fourth-order valence-electron chi connectivity index (χ4n) is 1.95. The number of guanidine groups is 1. The van der Waals surface area contributed by atoms with E-state index in [0.717, 1.165) is 12.1 Å². The molecule has 0 amide bonds. The molecule has 3 N–H and O–H groups in total. The van der Waals surface area contributed by atoms with E-state index in [1.165, 1.54) is 0 Å². The average molecular weight is 402 g/mol. The molecule has 1 heterocycles. The molecule has 136 valence electrons. The molecule has 0 aliphatic heterocycles. The van der Waals surface area contributed by atoms with Crippen LogP contribution in [0.25, 0.3) is 0 Å². The van der Waals surface area contributed by atoms with Crippen molar-refractivity contribution >= 4 is 40.5 Å². The standard InChI is InChI=1S/C17H21Cl2N3O2S/c1-2-20-17(21-8-12-6-7-25-11-12)22-9-13(23)10-24-15-5-3-4-14(18)16(15)19/h3-7,11,13,23H,2,8-10H2,1H3,(H2,20,21,22). The van der Waals surface area contributed by atoms with Gasteiger partial charge in [-0.25, -0.2) is 4.99 Å². The molecule has 0 aliphatic rings. The van der Waals surface area contributed by atoms with E-state index < -0.39 is 6.10 Å². The summed E-state index contributed by atoms with van der Waals surface area (Å²) >= 11 is 13.6. The number of benzene rings is 1. The Morgan fingerprint density at radius 1 is 1.32 bits per heavy atom. The molecule has 25 heavy (non-hydrogen) atoms. The maximum Gasteiger partial charge on any atom is 0.191 e. The zero-order valence-corrected chi connectivity index (χ0v) is 16.2. The van der Waals surface area contributed by atoms with Crippen LogP contribution in [0.1, 0.15) is 12.5 Å². The lowest BCUT2D eigenvalue weighted by Crippen LogP contribution is -2.42. The van der Waals surface area contributed by atoms with Gasteiger partial charge in [-0.15, -0.1) is 0 Å². The summed E-state index contributed by atoms with van der Waals surface area (Å²) in [4.78, 5) is 4.48.